The molecular weight excluding hydrogens is 474 g/mol. The topological polar surface area (TPSA) is 137 Å². The molecule has 2 aromatic rings. The van der Waals surface area contributed by atoms with E-state index < -0.39 is 31.7 Å². The van der Waals surface area contributed by atoms with Crippen LogP contribution in [0.25, 0.3) is 0 Å². The fourth-order valence-electron chi connectivity index (χ4n) is 3.79. The van der Waals surface area contributed by atoms with Crippen molar-refractivity contribution in [1.82, 2.24) is 19.4 Å². The normalized spacial score (nSPS) is 14.9. The third kappa shape index (κ3) is 5.81. The van der Waals surface area contributed by atoms with Crippen LogP contribution in [0.3, 0.4) is 0 Å². The van der Waals surface area contributed by atoms with Crippen LogP contribution >= 0.6 is 0 Å². The second-order valence-electron chi connectivity index (χ2n) is 10.7. The van der Waals surface area contributed by atoms with Crippen molar-refractivity contribution in [2.24, 2.45) is 0 Å². The van der Waals surface area contributed by atoms with Crippen molar-refractivity contribution in [3.8, 4) is 11.6 Å². The summed E-state index contributed by atoms with van der Waals surface area (Å²) in [6, 6.07) is 3.39. The number of nitro benzene ring substituents is 1. The molecule has 0 radical (unpaired) electrons. The first-order valence-corrected chi connectivity index (χ1v) is 12.9. The number of rotatable bonds is 6. The average molecular weight is 508 g/mol. The summed E-state index contributed by atoms with van der Waals surface area (Å²) in [7, 11) is -4.19. The minimum absolute atomic E-state index is 0.110. The van der Waals surface area contributed by atoms with Crippen LogP contribution in [0.15, 0.2) is 23.1 Å². The summed E-state index contributed by atoms with van der Waals surface area (Å²) in [5.74, 6) is -0.124. The molecule has 11 nitrogen and oxygen atoms in total. The van der Waals surface area contributed by atoms with Crippen molar-refractivity contribution >= 4 is 21.6 Å². The summed E-state index contributed by atoms with van der Waals surface area (Å²) >= 11 is 0. The number of hydrogen-bond donors (Lipinski definition) is 1. The monoisotopic (exact) mass is 507 g/mol. The number of hydrogen-bond acceptors (Lipinski definition) is 7. The number of nitrogens with zero attached hydrogens (tertiary/aromatic N) is 4. The number of non-ortho nitro benzene ring substituents is 1. The number of likely N-dealkylation sites (tertiary alicyclic amines) is 1. The van der Waals surface area contributed by atoms with E-state index in [-0.39, 0.29) is 28.1 Å². The molecule has 1 aliphatic heterocycles. The predicted molar refractivity (Wildman–Crippen MR) is 130 cm³/mol. The van der Waals surface area contributed by atoms with Crippen LogP contribution in [0.4, 0.5) is 5.69 Å². The molecule has 1 amide bonds. The second-order valence-corrected chi connectivity index (χ2v) is 12.4. The zero-order chi connectivity index (χ0) is 26.3. The van der Waals surface area contributed by atoms with Crippen molar-refractivity contribution in [2.45, 2.75) is 77.3 Å². The third-order valence-electron chi connectivity index (χ3n) is 5.37. The minimum Gasteiger partial charge on any atom is -0.438 e. The first kappa shape index (κ1) is 26.6. The van der Waals surface area contributed by atoms with Gasteiger partial charge in [-0.1, -0.05) is 0 Å². The summed E-state index contributed by atoms with van der Waals surface area (Å²) in [6.45, 7) is 13.6. The Labute approximate surface area is 205 Å². The second kappa shape index (κ2) is 9.23. The molecule has 0 aliphatic carbocycles. The van der Waals surface area contributed by atoms with E-state index in [1.165, 1.54) is 12.1 Å². The maximum atomic E-state index is 13.2. The number of ether oxygens (including phenoxy) is 1. The van der Waals surface area contributed by atoms with Gasteiger partial charge in [0.25, 0.3) is 11.6 Å². The number of nitro groups is 1. The maximum absolute atomic E-state index is 13.2. The molecule has 1 aromatic heterocycles. The van der Waals surface area contributed by atoms with E-state index in [0.29, 0.717) is 18.7 Å². The Morgan fingerprint density at radius 3 is 2.26 bits per heavy atom. The molecule has 1 fully saturated rings. The number of carbonyl (C=O) groups excluding carboxylic acids is 1. The van der Waals surface area contributed by atoms with Gasteiger partial charge in [-0.25, -0.2) is 17.8 Å². The molecule has 0 unspecified atom stereocenters. The molecule has 1 N–H and O–H groups in total. The lowest BCUT2D eigenvalue weighted by molar-refractivity contribution is -0.385. The summed E-state index contributed by atoms with van der Waals surface area (Å²) in [5.41, 5.74) is -1.14. The Morgan fingerprint density at radius 2 is 1.74 bits per heavy atom. The first-order valence-electron chi connectivity index (χ1n) is 11.4. The van der Waals surface area contributed by atoms with Crippen molar-refractivity contribution < 1.29 is 22.9 Å². The van der Waals surface area contributed by atoms with Gasteiger partial charge in [0, 0.05) is 36.3 Å². The Hall–Kier alpha value is -2.99. The van der Waals surface area contributed by atoms with Crippen LogP contribution in [-0.4, -0.2) is 52.6 Å². The molecule has 0 bridgehead atoms. The lowest BCUT2D eigenvalue weighted by Crippen LogP contribution is -2.40. The number of amides is 1. The smallest absolute Gasteiger partial charge is 0.274 e. The number of aromatic nitrogens is 2. The fourth-order valence-corrected chi connectivity index (χ4v) is 5.36. The first-order chi connectivity index (χ1) is 16.0. The summed E-state index contributed by atoms with van der Waals surface area (Å²) in [6.07, 6.45) is 1.86. The molecule has 1 aromatic carbocycles. The number of carbonyl (C=O) groups is 1. The quantitative estimate of drug-likeness (QED) is 0.461. The highest BCUT2D eigenvalue weighted by atomic mass is 32.2. The van der Waals surface area contributed by atoms with E-state index in [4.69, 9.17) is 4.74 Å². The minimum atomic E-state index is -4.19. The molecular formula is C23H33N5O6S. The van der Waals surface area contributed by atoms with Gasteiger partial charge < -0.3 is 9.64 Å². The van der Waals surface area contributed by atoms with Crippen LogP contribution in [0.1, 0.15) is 70.4 Å². The Morgan fingerprint density at radius 1 is 1.14 bits per heavy atom. The molecule has 12 heteroatoms. The largest absolute Gasteiger partial charge is 0.438 e. The van der Waals surface area contributed by atoms with Crippen LogP contribution in [0, 0.1) is 17.0 Å². The molecule has 35 heavy (non-hydrogen) atoms. The van der Waals surface area contributed by atoms with E-state index >= 15 is 0 Å². The maximum Gasteiger partial charge on any atom is 0.274 e. The summed E-state index contributed by atoms with van der Waals surface area (Å²) in [4.78, 5) is 25.2. The van der Waals surface area contributed by atoms with E-state index in [2.05, 4.69) is 9.82 Å². The van der Waals surface area contributed by atoms with Gasteiger partial charge >= 0.3 is 0 Å². The van der Waals surface area contributed by atoms with Gasteiger partial charge in [-0.05, 0) is 67.4 Å². The van der Waals surface area contributed by atoms with E-state index in [0.717, 1.165) is 18.9 Å². The van der Waals surface area contributed by atoms with Crippen molar-refractivity contribution in [3.05, 3.63) is 39.6 Å². The molecule has 192 valence electrons. The molecule has 3 rings (SSSR count). The van der Waals surface area contributed by atoms with E-state index in [1.807, 2.05) is 20.8 Å². The lowest BCUT2D eigenvalue weighted by atomic mass is 10.1. The molecule has 1 saturated heterocycles. The number of benzene rings is 1. The van der Waals surface area contributed by atoms with Crippen LogP contribution < -0.4 is 9.46 Å². The fraction of sp³-hybridized carbons (Fsp3) is 0.565. The van der Waals surface area contributed by atoms with E-state index in [1.54, 1.807) is 37.3 Å². The van der Waals surface area contributed by atoms with Gasteiger partial charge in [-0.3, -0.25) is 14.9 Å². The highest BCUT2D eigenvalue weighted by molar-refractivity contribution is 7.89. The van der Waals surface area contributed by atoms with Gasteiger partial charge in [-0.2, -0.15) is 5.10 Å². The van der Waals surface area contributed by atoms with Crippen molar-refractivity contribution in [2.75, 3.05) is 13.1 Å². The SMILES string of the molecule is Cc1c(C(=O)N2CCCC2)nn(C(C)(C)C)c1Oc1ccc([N+](=O)[O-])cc1S(=O)(=O)NC(C)(C)C. The van der Waals surface area contributed by atoms with Crippen LogP contribution in [-0.2, 0) is 15.6 Å². The Balaban J connectivity index is 2.16. The third-order valence-corrected chi connectivity index (χ3v) is 7.15. The standard InChI is InChI=1S/C23H33N5O6S/c1-15-19(20(29)26-12-8-9-13-26)24-27(23(5,6)7)21(15)34-17-11-10-16(28(30)31)14-18(17)35(32,33)25-22(2,3)4/h10-11,14,25H,8-9,12-13H2,1-7H3. The van der Waals surface area contributed by atoms with E-state index in [9.17, 15) is 23.3 Å². The summed E-state index contributed by atoms with van der Waals surface area (Å²) in [5, 5.41) is 15.9. The summed E-state index contributed by atoms with van der Waals surface area (Å²) < 4.78 is 36.5. The zero-order valence-corrected chi connectivity index (χ0v) is 22.0. The molecule has 0 atom stereocenters. The zero-order valence-electron chi connectivity index (χ0n) is 21.2. The average Bonchev–Trinajstić information content (AvgIpc) is 3.34. The highest BCUT2D eigenvalue weighted by Crippen LogP contribution is 2.37. The van der Waals surface area contributed by atoms with Crippen molar-refractivity contribution in [1.29, 1.82) is 0 Å². The van der Waals surface area contributed by atoms with Crippen LogP contribution in [0.2, 0.25) is 0 Å². The molecule has 0 saturated carbocycles. The number of nitrogens with one attached hydrogen (secondary N) is 1. The predicted octanol–water partition coefficient (Wildman–Crippen LogP) is 3.96. The molecule has 2 heterocycles. The highest BCUT2D eigenvalue weighted by Gasteiger charge is 2.33. The van der Waals surface area contributed by atoms with Crippen molar-refractivity contribution in [3.63, 3.8) is 0 Å². The molecule has 0 spiro atoms. The van der Waals surface area contributed by atoms with Gasteiger partial charge in [0.15, 0.2) is 5.69 Å². The molecule has 1 aliphatic rings. The van der Waals surface area contributed by atoms with Crippen LogP contribution in [0.5, 0.6) is 11.6 Å². The van der Waals surface area contributed by atoms with Gasteiger partial charge in [0.1, 0.15) is 10.6 Å². The Kier molecular flexibility index (Phi) is 7.02. The van der Waals surface area contributed by atoms with Gasteiger partial charge in [-0.15, -0.1) is 0 Å². The van der Waals surface area contributed by atoms with Gasteiger partial charge in [0.05, 0.1) is 10.5 Å². The van der Waals surface area contributed by atoms with Gasteiger partial charge in [0.2, 0.25) is 15.9 Å². The number of sulfonamides is 1. The Bertz CT molecular complexity index is 1250. The lowest BCUT2D eigenvalue weighted by Gasteiger charge is -2.24.